The molecule has 3 heteroatoms. The lowest BCUT2D eigenvalue weighted by Gasteiger charge is -2.61. The van der Waals surface area contributed by atoms with Crippen molar-refractivity contribution in [3.8, 4) is 0 Å². The van der Waals surface area contributed by atoms with E-state index in [1.54, 1.807) is 11.8 Å². The SMILES string of the molecule is C.CC.CCSCC(=O)C1CCC2C3=CC(=O)C4(C)CC(C)CCC4(C)C3CCC12C. The van der Waals surface area contributed by atoms with Gasteiger partial charge < -0.3 is 0 Å². The van der Waals surface area contributed by atoms with Gasteiger partial charge in [0.25, 0.3) is 0 Å². The van der Waals surface area contributed by atoms with E-state index in [2.05, 4.69) is 40.7 Å². The second kappa shape index (κ2) is 9.74. The molecule has 0 N–H and O–H groups in total. The largest absolute Gasteiger partial charge is 0.298 e. The van der Waals surface area contributed by atoms with Gasteiger partial charge in [0.1, 0.15) is 5.78 Å². The van der Waals surface area contributed by atoms with Crippen LogP contribution in [0.25, 0.3) is 0 Å². The van der Waals surface area contributed by atoms with Crippen LogP contribution in [0.15, 0.2) is 11.6 Å². The Bertz CT molecular complexity index is 712. The minimum absolute atomic E-state index is 0. The van der Waals surface area contributed by atoms with Gasteiger partial charge >= 0.3 is 0 Å². The molecular weight excluding hydrogens is 400 g/mol. The summed E-state index contributed by atoms with van der Waals surface area (Å²) in [5.74, 6) is 4.34. The maximum Gasteiger partial charge on any atom is 0.162 e. The number of Topliss-reactive ketones (excluding diaryl/α,β-unsaturated/α-hetero) is 1. The molecule has 0 spiro atoms. The van der Waals surface area contributed by atoms with Crippen molar-refractivity contribution in [1.82, 2.24) is 0 Å². The van der Waals surface area contributed by atoms with Crippen LogP contribution in [0.3, 0.4) is 0 Å². The van der Waals surface area contributed by atoms with E-state index in [4.69, 9.17) is 0 Å². The second-order valence-corrected chi connectivity index (χ2v) is 12.3. The Morgan fingerprint density at radius 2 is 1.74 bits per heavy atom. The zero-order chi connectivity index (χ0) is 22.3. The highest BCUT2D eigenvalue weighted by Gasteiger charge is 2.63. The van der Waals surface area contributed by atoms with Crippen LogP contribution < -0.4 is 0 Å². The van der Waals surface area contributed by atoms with Gasteiger partial charge in [-0.1, -0.05) is 67.9 Å². The second-order valence-electron chi connectivity index (χ2n) is 11.0. The first kappa shape index (κ1) is 26.7. The van der Waals surface area contributed by atoms with Gasteiger partial charge in [0.15, 0.2) is 5.78 Å². The number of carbonyl (C=O) groups is 2. The van der Waals surface area contributed by atoms with Crippen molar-refractivity contribution < 1.29 is 9.59 Å². The van der Waals surface area contributed by atoms with Crippen LogP contribution in [0, 0.1) is 39.9 Å². The number of hydrogen-bond acceptors (Lipinski definition) is 3. The first-order chi connectivity index (χ1) is 14.2. The van der Waals surface area contributed by atoms with Gasteiger partial charge in [-0.2, -0.15) is 11.8 Å². The van der Waals surface area contributed by atoms with E-state index in [1.807, 2.05) is 13.8 Å². The molecule has 0 radical (unpaired) electrons. The third-order valence-corrected chi connectivity index (χ3v) is 10.6. The Kier molecular flexibility index (Phi) is 8.38. The summed E-state index contributed by atoms with van der Waals surface area (Å²) in [6.07, 6.45) is 9.99. The molecule has 7 unspecified atom stereocenters. The minimum Gasteiger partial charge on any atom is -0.298 e. The molecule has 0 amide bonds. The lowest BCUT2D eigenvalue weighted by molar-refractivity contribution is -0.145. The van der Waals surface area contributed by atoms with Gasteiger partial charge in [0.2, 0.25) is 0 Å². The molecule has 3 saturated carbocycles. The normalized spacial score (nSPS) is 43.3. The lowest BCUT2D eigenvalue weighted by Crippen LogP contribution is -2.57. The first-order valence-corrected chi connectivity index (χ1v) is 13.7. The van der Waals surface area contributed by atoms with Crippen LogP contribution in [0.4, 0.5) is 0 Å². The summed E-state index contributed by atoms with van der Waals surface area (Å²) in [5.41, 5.74) is 1.41. The smallest absolute Gasteiger partial charge is 0.162 e. The van der Waals surface area contributed by atoms with Gasteiger partial charge in [0, 0.05) is 11.3 Å². The molecule has 31 heavy (non-hydrogen) atoms. The highest BCUT2D eigenvalue weighted by Crippen LogP contribution is 2.68. The number of allylic oxidation sites excluding steroid dienone is 2. The minimum atomic E-state index is -0.196. The van der Waals surface area contributed by atoms with Gasteiger partial charge in [-0.3, -0.25) is 9.59 Å². The Labute approximate surface area is 196 Å². The molecule has 4 aliphatic carbocycles. The topological polar surface area (TPSA) is 34.1 Å². The summed E-state index contributed by atoms with van der Waals surface area (Å²) in [7, 11) is 0. The summed E-state index contributed by atoms with van der Waals surface area (Å²) in [6.45, 7) is 15.5. The third kappa shape index (κ3) is 4.00. The Hall–Kier alpha value is -0.570. The Morgan fingerprint density at radius 3 is 2.39 bits per heavy atom. The fourth-order valence-electron chi connectivity index (χ4n) is 7.82. The van der Waals surface area contributed by atoms with Crippen molar-refractivity contribution in [1.29, 1.82) is 0 Å². The average Bonchev–Trinajstić information content (AvgIpc) is 3.08. The first-order valence-electron chi connectivity index (χ1n) is 12.5. The zero-order valence-electron chi connectivity index (χ0n) is 20.5. The van der Waals surface area contributed by atoms with E-state index in [9.17, 15) is 9.59 Å². The van der Waals surface area contributed by atoms with Gasteiger partial charge in [-0.25, -0.2) is 0 Å². The molecule has 0 saturated heterocycles. The number of thioether (sulfide) groups is 1. The van der Waals surface area contributed by atoms with Crippen molar-refractivity contribution in [3.63, 3.8) is 0 Å². The summed E-state index contributed by atoms with van der Waals surface area (Å²) >= 11 is 1.76. The fraction of sp³-hybridized carbons (Fsp3) is 0.857. The predicted molar refractivity (Wildman–Crippen MR) is 135 cm³/mol. The average molecular weight is 449 g/mol. The summed E-state index contributed by atoms with van der Waals surface area (Å²) < 4.78 is 0. The number of hydrogen-bond donors (Lipinski definition) is 0. The van der Waals surface area contributed by atoms with Crippen LogP contribution in [0.1, 0.15) is 101 Å². The van der Waals surface area contributed by atoms with Gasteiger partial charge in [-0.05, 0) is 78.9 Å². The van der Waals surface area contributed by atoms with E-state index in [-0.39, 0.29) is 29.6 Å². The lowest BCUT2D eigenvalue weighted by atomic mass is 9.42. The van der Waals surface area contributed by atoms with Gasteiger partial charge in [-0.15, -0.1) is 0 Å². The number of fused-ring (bicyclic) bond motifs is 5. The molecule has 2 nitrogen and oxygen atoms in total. The maximum absolute atomic E-state index is 13.5. The molecular formula is C28H48O2S. The van der Waals surface area contributed by atoms with Crippen molar-refractivity contribution >= 4 is 23.3 Å². The third-order valence-electron chi connectivity index (χ3n) is 9.73. The molecule has 178 valence electrons. The van der Waals surface area contributed by atoms with E-state index in [0.29, 0.717) is 35.1 Å². The molecule has 0 aliphatic heterocycles. The molecule has 0 aromatic rings. The molecule has 0 aromatic carbocycles. The quantitative estimate of drug-likeness (QED) is 0.441. The summed E-state index contributed by atoms with van der Waals surface area (Å²) in [5, 5.41) is 0. The molecule has 4 aliphatic rings. The van der Waals surface area contributed by atoms with Crippen LogP contribution in [-0.4, -0.2) is 23.1 Å². The van der Waals surface area contributed by atoms with E-state index in [1.165, 1.54) is 18.4 Å². The maximum atomic E-state index is 13.5. The monoisotopic (exact) mass is 448 g/mol. The molecule has 7 atom stereocenters. The summed E-state index contributed by atoms with van der Waals surface area (Å²) in [4.78, 5) is 26.4. The van der Waals surface area contributed by atoms with E-state index < -0.39 is 0 Å². The zero-order valence-corrected chi connectivity index (χ0v) is 21.3. The highest BCUT2D eigenvalue weighted by molar-refractivity contribution is 7.99. The van der Waals surface area contributed by atoms with Crippen molar-refractivity contribution in [3.05, 3.63) is 11.6 Å². The van der Waals surface area contributed by atoms with Crippen molar-refractivity contribution in [2.45, 2.75) is 101 Å². The van der Waals surface area contributed by atoms with Crippen LogP contribution in [0.5, 0.6) is 0 Å². The van der Waals surface area contributed by atoms with E-state index >= 15 is 0 Å². The predicted octanol–water partition coefficient (Wildman–Crippen LogP) is 7.76. The van der Waals surface area contributed by atoms with Crippen molar-refractivity contribution in [2.75, 3.05) is 11.5 Å². The van der Waals surface area contributed by atoms with Crippen LogP contribution >= 0.6 is 11.8 Å². The Morgan fingerprint density at radius 1 is 1.06 bits per heavy atom. The fourth-order valence-corrected chi connectivity index (χ4v) is 8.43. The Balaban J connectivity index is 0.00000111. The van der Waals surface area contributed by atoms with Gasteiger partial charge in [0.05, 0.1) is 5.75 Å². The number of rotatable bonds is 4. The highest BCUT2D eigenvalue weighted by atomic mass is 32.2. The molecule has 3 fully saturated rings. The molecule has 0 aromatic heterocycles. The molecule has 4 rings (SSSR count). The molecule has 0 bridgehead atoms. The van der Waals surface area contributed by atoms with Crippen LogP contribution in [0.2, 0.25) is 0 Å². The number of carbonyl (C=O) groups excluding carboxylic acids is 2. The molecule has 0 heterocycles. The number of ketones is 2. The van der Waals surface area contributed by atoms with Crippen molar-refractivity contribution in [2.24, 2.45) is 39.9 Å². The van der Waals surface area contributed by atoms with E-state index in [0.717, 1.165) is 37.9 Å². The standard InChI is InChI=1S/C25H38O2S.C2H6.CH4/c1-6-28-15-21(26)20-8-7-18-17-13-22(27)25(5)14-16(2)9-12-24(25,4)19(17)10-11-23(18,20)3;1-2;/h13,16,18-20H,6-12,14-15H2,1-5H3;1-2H3;1H4. The summed E-state index contributed by atoms with van der Waals surface area (Å²) in [6, 6.07) is 0. The van der Waals surface area contributed by atoms with Crippen LogP contribution in [-0.2, 0) is 9.59 Å².